The molecule has 2 aliphatic rings. The summed E-state index contributed by atoms with van der Waals surface area (Å²) >= 11 is 0. The standard InChI is InChI=1S/C23H30O2/c1-3-5-7-19-16-24-23(25-17-19)22-14-12-21(13-15-22)20-10-8-18(6-4-2)9-11-20/h3,8-11,19,21-23H,1,5,7,12-17H2,2H3/t19-,21-,22-,23-. The number of benzene rings is 1. The molecule has 1 saturated carbocycles. The largest absolute Gasteiger partial charge is 0.352 e. The molecular formula is C23H30O2. The topological polar surface area (TPSA) is 18.5 Å². The van der Waals surface area contributed by atoms with E-state index in [1.54, 1.807) is 0 Å². The normalized spacial score (nSPS) is 29.5. The fraction of sp³-hybridized carbons (Fsp3) is 0.565. The van der Waals surface area contributed by atoms with Gasteiger partial charge < -0.3 is 9.47 Å². The van der Waals surface area contributed by atoms with E-state index in [4.69, 9.17) is 9.47 Å². The molecule has 0 bridgehead atoms. The Morgan fingerprint density at radius 3 is 2.36 bits per heavy atom. The van der Waals surface area contributed by atoms with Crippen LogP contribution < -0.4 is 0 Å². The highest BCUT2D eigenvalue weighted by atomic mass is 16.7. The maximum absolute atomic E-state index is 6.04. The zero-order chi connectivity index (χ0) is 17.5. The van der Waals surface area contributed by atoms with Crippen LogP contribution in [0.5, 0.6) is 0 Å². The van der Waals surface area contributed by atoms with Crippen molar-refractivity contribution < 1.29 is 9.47 Å². The first-order valence-corrected chi connectivity index (χ1v) is 9.67. The van der Waals surface area contributed by atoms with Gasteiger partial charge in [-0.15, -0.1) is 12.5 Å². The van der Waals surface area contributed by atoms with Gasteiger partial charge in [0, 0.05) is 17.4 Å². The number of hydrogen-bond donors (Lipinski definition) is 0. The molecule has 0 spiro atoms. The Morgan fingerprint density at radius 2 is 1.76 bits per heavy atom. The van der Waals surface area contributed by atoms with Crippen LogP contribution in [0.25, 0.3) is 0 Å². The summed E-state index contributed by atoms with van der Waals surface area (Å²) in [6.07, 6.45) is 9.03. The van der Waals surface area contributed by atoms with Crippen molar-refractivity contribution in [1.82, 2.24) is 0 Å². The third kappa shape index (κ3) is 4.97. The number of hydrogen-bond acceptors (Lipinski definition) is 2. The van der Waals surface area contributed by atoms with Gasteiger partial charge in [-0.3, -0.25) is 0 Å². The van der Waals surface area contributed by atoms with Crippen molar-refractivity contribution in [2.24, 2.45) is 11.8 Å². The summed E-state index contributed by atoms with van der Waals surface area (Å²) in [5.41, 5.74) is 2.56. The van der Waals surface area contributed by atoms with Crippen LogP contribution in [0.3, 0.4) is 0 Å². The summed E-state index contributed by atoms with van der Waals surface area (Å²) in [7, 11) is 0. The van der Waals surface area contributed by atoms with E-state index in [1.807, 2.05) is 13.0 Å². The molecule has 0 unspecified atom stereocenters. The van der Waals surface area contributed by atoms with Gasteiger partial charge in [-0.05, 0) is 69.1 Å². The maximum atomic E-state index is 6.04. The summed E-state index contributed by atoms with van der Waals surface area (Å²) in [5, 5.41) is 0. The van der Waals surface area contributed by atoms with Gasteiger partial charge in [0.25, 0.3) is 0 Å². The first-order valence-electron chi connectivity index (χ1n) is 9.67. The van der Waals surface area contributed by atoms with Crippen molar-refractivity contribution in [3.8, 4) is 11.8 Å². The highest BCUT2D eigenvalue weighted by Crippen LogP contribution is 2.39. The van der Waals surface area contributed by atoms with Crippen LogP contribution in [0.2, 0.25) is 0 Å². The summed E-state index contributed by atoms with van der Waals surface area (Å²) < 4.78 is 12.1. The smallest absolute Gasteiger partial charge is 0.160 e. The van der Waals surface area contributed by atoms with E-state index in [2.05, 4.69) is 42.7 Å². The predicted octanol–water partition coefficient (Wildman–Crippen LogP) is 5.29. The van der Waals surface area contributed by atoms with E-state index in [-0.39, 0.29) is 6.29 Å². The molecule has 3 rings (SSSR count). The summed E-state index contributed by atoms with van der Waals surface area (Å²) in [6.45, 7) is 7.36. The molecule has 1 aromatic carbocycles. The van der Waals surface area contributed by atoms with Crippen molar-refractivity contribution in [2.45, 2.75) is 57.7 Å². The lowest BCUT2D eigenvalue weighted by Gasteiger charge is -2.37. The van der Waals surface area contributed by atoms with E-state index >= 15 is 0 Å². The molecule has 2 nitrogen and oxygen atoms in total. The highest BCUT2D eigenvalue weighted by molar-refractivity contribution is 5.36. The van der Waals surface area contributed by atoms with Crippen molar-refractivity contribution in [3.05, 3.63) is 48.0 Å². The zero-order valence-corrected chi connectivity index (χ0v) is 15.4. The summed E-state index contributed by atoms with van der Waals surface area (Å²) in [4.78, 5) is 0. The van der Waals surface area contributed by atoms with Crippen LogP contribution in [-0.2, 0) is 9.47 Å². The minimum Gasteiger partial charge on any atom is -0.352 e. The molecule has 1 heterocycles. The second kappa shape index (κ2) is 9.22. The third-order valence-corrected chi connectivity index (χ3v) is 5.58. The Kier molecular flexibility index (Phi) is 6.73. The molecule has 0 N–H and O–H groups in total. The minimum absolute atomic E-state index is 0.0168. The highest BCUT2D eigenvalue weighted by Gasteiger charge is 2.32. The molecule has 0 radical (unpaired) electrons. The second-order valence-corrected chi connectivity index (χ2v) is 7.38. The summed E-state index contributed by atoms with van der Waals surface area (Å²) in [5.74, 6) is 7.84. The molecule has 1 aromatic rings. The van der Waals surface area contributed by atoms with Gasteiger partial charge >= 0.3 is 0 Å². The fourth-order valence-electron chi connectivity index (χ4n) is 4.06. The van der Waals surface area contributed by atoms with E-state index in [0.29, 0.717) is 17.8 Å². The first kappa shape index (κ1) is 18.2. The first-order chi connectivity index (χ1) is 12.3. The number of rotatable bonds is 5. The number of allylic oxidation sites excluding steroid dienone is 1. The lowest BCUT2D eigenvalue weighted by atomic mass is 9.78. The van der Waals surface area contributed by atoms with Crippen molar-refractivity contribution in [2.75, 3.05) is 13.2 Å². The van der Waals surface area contributed by atoms with Crippen LogP contribution in [0.4, 0.5) is 0 Å². The van der Waals surface area contributed by atoms with Crippen molar-refractivity contribution >= 4 is 0 Å². The van der Waals surface area contributed by atoms with Crippen LogP contribution >= 0.6 is 0 Å². The molecule has 0 amide bonds. The Morgan fingerprint density at radius 1 is 1.08 bits per heavy atom. The van der Waals surface area contributed by atoms with E-state index < -0.39 is 0 Å². The average molecular weight is 338 g/mol. The average Bonchev–Trinajstić information content (AvgIpc) is 2.68. The van der Waals surface area contributed by atoms with Crippen LogP contribution in [0.15, 0.2) is 36.9 Å². The van der Waals surface area contributed by atoms with E-state index in [9.17, 15) is 0 Å². The molecular weight excluding hydrogens is 308 g/mol. The molecule has 25 heavy (non-hydrogen) atoms. The second-order valence-electron chi connectivity index (χ2n) is 7.38. The monoisotopic (exact) mass is 338 g/mol. The Bertz CT molecular complexity index is 591. The van der Waals surface area contributed by atoms with Gasteiger partial charge in [-0.2, -0.15) is 0 Å². The zero-order valence-electron chi connectivity index (χ0n) is 15.4. The van der Waals surface area contributed by atoms with Gasteiger partial charge in [-0.1, -0.05) is 24.1 Å². The third-order valence-electron chi connectivity index (χ3n) is 5.58. The molecule has 1 saturated heterocycles. The van der Waals surface area contributed by atoms with E-state index in [1.165, 1.54) is 31.2 Å². The molecule has 1 aliphatic carbocycles. The van der Waals surface area contributed by atoms with Gasteiger partial charge in [0.05, 0.1) is 13.2 Å². The lowest BCUT2D eigenvalue weighted by Crippen LogP contribution is -2.38. The van der Waals surface area contributed by atoms with Crippen LogP contribution in [-0.4, -0.2) is 19.5 Å². The lowest BCUT2D eigenvalue weighted by molar-refractivity contribution is -0.229. The SMILES string of the molecule is C=CCC[C@H]1CO[C@H]([C@H]2CC[C@H](c3ccc(C#CC)cc3)CC2)OC1. The summed E-state index contributed by atoms with van der Waals surface area (Å²) in [6, 6.07) is 8.80. The molecule has 2 fully saturated rings. The number of ether oxygens (including phenoxy) is 2. The van der Waals surface area contributed by atoms with Gasteiger partial charge in [0.1, 0.15) is 0 Å². The van der Waals surface area contributed by atoms with Gasteiger partial charge in [0.15, 0.2) is 6.29 Å². The fourth-order valence-corrected chi connectivity index (χ4v) is 4.06. The molecule has 0 aromatic heterocycles. The molecule has 1 aliphatic heterocycles. The Balaban J connectivity index is 1.45. The molecule has 0 atom stereocenters. The predicted molar refractivity (Wildman–Crippen MR) is 102 cm³/mol. The van der Waals surface area contributed by atoms with E-state index in [0.717, 1.165) is 31.6 Å². The van der Waals surface area contributed by atoms with Crippen LogP contribution in [0, 0.1) is 23.7 Å². The quantitative estimate of drug-likeness (QED) is 0.537. The Labute approximate surface area is 152 Å². The molecule has 134 valence electrons. The van der Waals surface area contributed by atoms with Crippen molar-refractivity contribution in [3.63, 3.8) is 0 Å². The van der Waals surface area contributed by atoms with Crippen molar-refractivity contribution in [1.29, 1.82) is 0 Å². The Hall–Kier alpha value is -1.56. The van der Waals surface area contributed by atoms with Gasteiger partial charge in [0.2, 0.25) is 0 Å². The molecule has 2 heteroatoms. The van der Waals surface area contributed by atoms with Crippen LogP contribution in [0.1, 0.15) is 62.5 Å². The minimum atomic E-state index is 0.0168. The van der Waals surface area contributed by atoms with Gasteiger partial charge in [-0.25, -0.2) is 0 Å². The maximum Gasteiger partial charge on any atom is 0.160 e.